The molecule has 0 N–H and O–H groups in total. The van der Waals surface area contributed by atoms with Crippen LogP contribution in [-0.2, 0) is 11.3 Å². The molecule has 0 radical (unpaired) electrons. The Labute approximate surface area is 78.8 Å². The lowest BCUT2D eigenvalue weighted by atomic mass is 10.2. The Morgan fingerprint density at radius 3 is 2.85 bits per heavy atom. The third-order valence-corrected chi connectivity index (χ3v) is 2.10. The first-order valence-corrected chi connectivity index (χ1v) is 4.67. The largest absolute Gasteiger partial charge is 0.335 e. The van der Waals surface area contributed by atoms with Gasteiger partial charge in [-0.05, 0) is 26.7 Å². The summed E-state index contributed by atoms with van der Waals surface area (Å²) in [5.74, 6) is 1.32. The number of aryl methyl sites for hydroxylation is 2. The summed E-state index contributed by atoms with van der Waals surface area (Å²) in [6.45, 7) is 4.60. The first-order valence-electron chi connectivity index (χ1n) is 4.67. The quantitative estimate of drug-likeness (QED) is 0.649. The first kappa shape index (κ1) is 9.96. The van der Waals surface area contributed by atoms with Gasteiger partial charge in [0, 0.05) is 25.4 Å². The molecule has 3 nitrogen and oxygen atoms in total. The van der Waals surface area contributed by atoms with Gasteiger partial charge in [-0.25, -0.2) is 4.98 Å². The van der Waals surface area contributed by atoms with Crippen molar-refractivity contribution in [2.45, 2.75) is 39.7 Å². The molecule has 0 bridgehead atoms. The van der Waals surface area contributed by atoms with Gasteiger partial charge in [0.1, 0.15) is 11.6 Å². The highest BCUT2D eigenvalue weighted by Gasteiger charge is 1.97. The topological polar surface area (TPSA) is 34.9 Å². The normalized spacial score (nSPS) is 10.3. The van der Waals surface area contributed by atoms with Gasteiger partial charge in [-0.15, -0.1) is 0 Å². The van der Waals surface area contributed by atoms with Crippen LogP contribution >= 0.6 is 0 Å². The van der Waals surface area contributed by atoms with Crippen molar-refractivity contribution in [3.8, 4) is 0 Å². The monoisotopic (exact) mass is 180 g/mol. The van der Waals surface area contributed by atoms with Crippen molar-refractivity contribution < 1.29 is 4.79 Å². The Bertz CT molecular complexity index is 278. The second kappa shape index (κ2) is 4.80. The molecule has 0 fully saturated rings. The second-order valence-corrected chi connectivity index (χ2v) is 3.33. The molecular weight excluding hydrogens is 164 g/mol. The number of rotatable bonds is 5. The number of unbranched alkanes of at least 4 members (excludes halogenated alkanes) is 1. The van der Waals surface area contributed by atoms with E-state index >= 15 is 0 Å². The molecule has 1 rings (SSSR count). The number of carbonyl (C=O) groups excluding carboxylic acids is 1. The van der Waals surface area contributed by atoms with E-state index in [1.165, 1.54) is 0 Å². The number of hydrogen-bond acceptors (Lipinski definition) is 2. The fourth-order valence-corrected chi connectivity index (χ4v) is 1.30. The summed E-state index contributed by atoms with van der Waals surface area (Å²) in [6, 6.07) is 0. The van der Waals surface area contributed by atoms with Gasteiger partial charge in [-0.2, -0.15) is 0 Å². The van der Waals surface area contributed by atoms with Crippen LogP contribution in [0, 0.1) is 6.92 Å². The van der Waals surface area contributed by atoms with Gasteiger partial charge in [0.15, 0.2) is 0 Å². The smallest absolute Gasteiger partial charge is 0.129 e. The molecule has 3 heteroatoms. The lowest BCUT2D eigenvalue weighted by molar-refractivity contribution is -0.117. The van der Waals surface area contributed by atoms with Crippen molar-refractivity contribution in [1.82, 2.24) is 9.55 Å². The molecule has 0 saturated heterocycles. The predicted molar refractivity (Wildman–Crippen MR) is 51.5 cm³/mol. The number of aromatic nitrogens is 2. The van der Waals surface area contributed by atoms with E-state index in [2.05, 4.69) is 9.55 Å². The highest BCUT2D eigenvalue weighted by Crippen LogP contribution is 2.02. The molecule has 1 aromatic rings. The number of carbonyl (C=O) groups is 1. The predicted octanol–water partition coefficient (Wildman–Crippen LogP) is 1.95. The Morgan fingerprint density at radius 2 is 2.31 bits per heavy atom. The first-order chi connectivity index (χ1) is 6.20. The number of imidazole rings is 1. The number of hydrogen-bond donors (Lipinski definition) is 0. The number of Topliss-reactive ketones (excluding diaryl/α,β-unsaturated/α-hetero) is 1. The molecule has 1 heterocycles. The summed E-state index contributed by atoms with van der Waals surface area (Å²) in [6.07, 6.45) is 6.51. The van der Waals surface area contributed by atoms with Crippen molar-refractivity contribution in [3.05, 3.63) is 18.2 Å². The zero-order valence-corrected chi connectivity index (χ0v) is 8.29. The van der Waals surface area contributed by atoms with E-state index in [0.717, 1.165) is 25.2 Å². The molecule has 0 atom stereocenters. The summed E-state index contributed by atoms with van der Waals surface area (Å²) in [5, 5.41) is 0. The minimum Gasteiger partial charge on any atom is -0.335 e. The van der Waals surface area contributed by atoms with E-state index in [9.17, 15) is 4.79 Å². The van der Waals surface area contributed by atoms with Gasteiger partial charge < -0.3 is 9.36 Å². The lowest BCUT2D eigenvalue weighted by Gasteiger charge is -2.03. The molecule has 0 saturated carbocycles. The van der Waals surface area contributed by atoms with E-state index in [1.54, 1.807) is 13.1 Å². The third kappa shape index (κ3) is 3.40. The standard InChI is InChI=1S/C10H16N2O/c1-9(13)5-3-4-7-12-8-6-11-10(12)2/h6,8H,3-5,7H2,1-2H3. The van der Waals surface area contributed by atoms with Crippen LogP contribution in [0.1, 0.15) is 32.0 Å². The second-order valence-electron chi connectivity index (χ2n) is 3.33. The van der Waals surface area contributed by atoms with E-state index < -0.39 is 0 Å². The molecule has 0 amide bonds. The van der Waals surface area contributed by atoms with Crippen LogP contribution in [0.25, 0.3) is 0 Å². The summed E-state index contributed by atoms with van der Waals surface area (Å²) in [4.78, 5) is 14.8. The van der Waals surface area contributed by atoms with E-state index in [1.807, 2.05) is 13.1 Å². The number of nitrogens with zero attached hydrogens (tertiary/aromatic N) is 2. The van der Waals surface area contributed by atoms with Crippen molar-refractivity contribution in [3.63, 3.8) is 0 Å². The van der Waals surface area contributed by atoms with Crippen LogP contribution < -0.4 is 0 Å². The van der Waals surface area contributed by atoms with Crippen molar-refractivity contribution in [2.75, 3.05) is 0 Å². The molecule has 0 spiro atoms. The molecule has 72 valence electrons. The van der Waals surface area contributed by atoms with Gasteiger partial charge in [0.05, 0.1) is 0 Å². The Hall–Kier alpha value is -1.12. The Morgan fingerprint density at radius 1 is 1.54 bits per heavy atom. The molecule has 0 aliphatic heterocycles. The molecule has 13 heavy (non-hydrogen) atoms. The number of ketones is 1. The molecule has 0 aromatic carbocycles. The zero-order chi connectivity index (χ0) is 9.68. The minimum absolute atomic E-state index is 0.280. The molecule has 0 unspecified atom stereocenters. The summed E-state index contributed by atoms with van der Waals surface area (Å²) in [5.41, 5.74) is 0. The third-order valence-electron chi connectivity index (χ3n) is 2.10. The van der Waals surface area contributed by atoms with E-state index in [4.69, 9.17) is 0 Å². The highest BCUT2D eigenvalue weighted by atomic mass is 16.1. The fraction of sp³-hybridized carbons (Fsp3) is 0.600. The van der Waals surface area contributed by atoms with Crippen molar-refractivity contribution in [2.24, 2.45) is 0 Å². The molecule has 0 aliphatic rings. The maximum absolute atomic E-state index is 10.7. The van der Waals surface area contributed by atoms with Crippen LogP contribution in [0.2, 0.25) is 0 Å². The fourth-order valence-electron chi connectivity index (χ4n) is 1.30. The van der Waals surface area contributed by atoms with Gasteiger partial charge in [-0.1, -0.05) is 0 Å². The van der Waals surface area contributed by atoms with Crippen LogP contribution in [0.3, 0.4) is 0 Å². The minimum atomic E-state index is 0.280. The molecule has 0 aliphatic carbocycles. The van der Waals surface area contributed by atoms with Crippen LogP contribution in [-0.4, -0.2) is 15.3 Å². The summed E-state index contributed by atoms with van der Waals surface area (Å²) < 4.78 is 2.11. The average Bonchev–Trinajstić information content (AvgIpc) is 2.45. The van der Waals surface area contributed by atoms with Crippen molar-refractivity contribution in [1.29, 1.82) is 0 Å². The van der Waals surface area contributed by atoms with Crippen LogP contribution in [0.15, 0.2) is 12.4 Å². The summed E-state index contributed by atoms with van der Waals surface area (Å²) >= 11 is 0. The van der Waals surface area contributed by atoms with E-state index in [0.29, 0.717) is 6.42 Å². The average molecular weight is 180 g/mol. The van der Waals surface area contributed by atoms with Crippen molar-refractivity contribution >= 4 is 5.78 Å². The lowest BCUT2D eigenvalue weighted by Crippen LogP contribution is -2.00. The summed E-state index contributed by atoms with van der Waals surface area (Å²) in [7, 11) is 0. The SMILES string of the molecule is CC(=O)CCCCn1ccnc1C. The van der Waals surface area contributed by atoms with Gasteiger partial charge in [0.25, 0.3) is 0 Å². The highest BCUT2D eigenvalue weighted by molar-refractivity contribution is 5.75. The molecular formula is C10H16N2O. The van der Waals surface area contributed by atoms with Gasteiger partial charge in [-0.3, -0.25) is 0 Å². The maximum atomic E-state index is 10.7. The van der Waals surface area contributed by atoms with E-state index in [-0.39, 0.29) is 5.78 Å². The van der Waals surface area contributed by atoms with Crippen LogP contribution in [0.4, 0.5) is 0 Å². The zero-order valence-electron chi connectivity index (χ0n) is 8.29. The van der Waals surface area contributed by atoms with Gasteiger partial charge in [0.2, 0.25) is 0 Å². The maximum Gasteiger partial charge on any atom is 0.129 e. The Balaban J connectivity index is 2.20. The van der Waals surface area contributed by atoms with Crippen LogP contribution in [0.5, 0.6) is 0 Å². The Kier molecular flexibility index (Phi) is 3.68. The van der Waals surface area contributed by atoms with Gasteiger partial charge >= 0.3 is 0 Å². The molecule has 1 aromatic heterocycles.